The number of aryl methyl sites for hydroxylation is 1. The van der Waals surface area contributed by atoms with Crippen molar-refractivity contribution in [1.82, 2.24) is 10.2 Å². The standard InChI is InChI=1S/C14H20N2OS/c1-3-16(14(17)13-9-18-10-15-13)8-12-7-5-4-6-11(12)2/h4-7,13,15H,3,8-10H2,1-2H3/t13-/m0/s1. The number of thioether (sulfide) groups is 1. The van der Waals surface area contributed by atoms with Crippen LogP contribution in [0.4, 0.5) is 0 Å². The summed E-state index contributed by atoms with van der Waals surface area (Å²) in [7, 11) is 0. The number of hydrogen-bond acceptors (Lipinski definition) is 3. The molecule has 1 N–H and O–H groups in total. The maximum absolute atomic E-state index is 12.3. The molecule has 1 aliphatic rings. The van der Waals surface area contributed by atoms with Crippen molar-refractivity contribution in [2.45, 2.75) is 26.4 Å². The van der Waals surface area contributed by atoms with E-state index < -0.39 is 0 Å². The highest BCUT2D eigenvalue weighted by molar-refractivity contribution is 7.99. The molecule has 4 heteroatoms. The van der Waals surface area contributed by atoms with Crippen LogP contribution in [0.15, 0.2) is 24.3 Å². The van der Waals surface area contributed by atoms with Crippen LogP contribution in [0, 0.1) is 6.92 Å². The second-order valence-corrected chi connectivity index (χ2v) is 5.58. The predicted octanol–water partition coefficient (Wildman–Crippen LogP) is 2.01. The first kappa shape index (κ1) is 13.4. The molecule has 1 amide bonds. The second kappa shape index (κ2) is 6.25. The molecule has 1 aromatic carbocycles. The van der Waals surface area contributed by atoms with E-state index in [9.17, 15) is 4.79 Å². The lowest BCUT2D eigenvalue weighted by Crippen LogP contribution is -2.44. The van der Waals surface area contributed by atoms with E-state index in [1.807, 2.05) is 24.0 Å². The predicted molar refractivity (Wildman–Crippen MR) is 76.5 cm³/mol. The Bertz CT molecular complexity index is 416. The smallest absolute Gasteiger partial charge is 0.240 e. The Morgan fingerprint density at radius 2 is 2.28 bits per heavy atom. The van der Waals surface area contributed by atoms with Gasteiger partial charge in [0.2, 0.25) is 5.91 Å². The number of rotatable bonds is 4. The van der Waals surface area contributed by atoms with Gasteiger partial charge in [-0.2, -0.15) is 0 Å². The van der Waals surface area contributed by atoms with Crippen LogP contribution in [-0.4, -0.2) is 35.0 Å². The second-order valence-electron chi connectivity index (χ2n) is 4.55. The minimum Gasteiger partial charge on any atom is -0.337 e. The number of carbonyl (C=O) groups is 1. The van der Waals surface area contributed by atoms with Gasteiger partial charge in [-0.05, 0) is 25.0 Å². The third-order valence-electron chi connectivity index (χ3n) is 3.33. The first-order chi connectivity index (χ1) is 8.72. The summed E-state index contributed by atoms with van der Waals surface area (Å²) in [5.41, 5.74) is 2.48. The van der Waals surface area contributed by atoms with Crippen LogP contribution in [0.1, 0.15) is 18.1 Å². The molecule has 1 saturated heterocycles. The zero-order valence-electron chi connectivity index (χ0n) is 11.0. The molecule has 0 bridgehead atoms. The van der Waals surface area contributed by atoms with Gasteiger partial charge in [0.05, 0.1) is 6.04 Å². The topological polar surface area (TPSA) is 32.3 Å². The van der Waals surface area contributed by atoms with E-state index in [4.69, 9.17) is 0 Å². The van der Waals surface area contributed by atoms with Gasteiger partial charge in [-0.15, -0.1) is 11.8 Å². The van der Waals surface area contributed by atoms with Gasteiger partial charge in [0.1, 0.15) is 0 Å². The van der Waals surface area contributed by atoms with Gasteiger partial charge in [0, 0.05) is 24.7 Å². The molecule has 1 fully saturated rings. The molecule has 1 aromatic rings. The molecule has 0 aromatic heterocycles. The average molecular weight is 264 g/mol. The lowest BCUT2D eigenvalue weighted by Gasteiger charge is -2.24. The maximum atomic E-state index is 12.3. The molecule has 2 rings (SSSR count). The summed E-state index contributed by atoms with van der Waals surface area (Å²) in [6.07, 6.45) is 0. The number of benzene rings is 1. The van der Waals surface area contributed by atoms with Crippen LogP contribution in [0.2, 0.25) is 0 Å². The zero-order chi connectivity index (χ0) is 13.0. The minimum atomic E-state index is -0.000955. The maximum Gasteiger partial charge on any atom is 0.240 e. The number of hydrogen-bond donors (Lipinski definition) is 1. The quantitative estimate of drug-likeness (QED) is 0.903. The van der Waals surface area contributed by atoms with Gasteiger partial charge in [0.25, 0.3) is 0 Å². The van der Waals surface area contributed by atoms with Crippen molar-refractivity contribution in [3.8, 4) is 0 Å². The van der Waals surface area contributed by atoms with Crippen molar-refractivity contribution in [1.29, 1.82) is 0 Å². The molecule has 1 atom stereocenters. The molecular weight excluding hydrogens is 244 g/mol. The molecule has 0 radical (unpaired) electrons. The third kappa shape index (κ3) is 3.06. The number of likely N-dealkylation sites (N-methyl/N-ethyl adjacent to an activating group) is 1. The van der Waals surface area contributed by atoms with Crippen LogP contribution in [0.3, 0.4) is 0 Å². The molecule has 0 spiro atoms. The molecule has 0 aliphatic carbocycles. The van der Waals surface area contributed by atoms with Crippen LogP contribution >= 0.6 is 11.8 Å². The SMILES string of the molecule is CCN(Cc1ccccc1C)C(=O)[C@@H]1CSCN1. The fraction of sp³-hybridized carbons (Fsp3) is 0.500. The van der Waals surface area contributed by atoms with E-state index in [2.05, 4.69) is 24.4 Å². The Labute approximate surface area is 113 Å². The van der Waals surface area contributed by atoms with Crippen molar-refractivity contribution in [2.24, 2.45) is 0 Å². The number of carbonyl (C=O) groups excluding carboxylic acids is 1. The van der Waals surface area contributed by atoms with Gasteiger partial charge in [0.15, 0.2) is 0 Å². The van der Waals surface area contributed by atoms with E-state index in [0.29, 0.717) is 6.54 Å². The van der Waals surface area contributed by atoms with E-state index in [1.165, 1.54) is 11.1 Å². The Balaban J connectivity index is 2.05. The molecule has 18 heavy (non-hydrogen) atoms. The fourth-order valence-electron chi connectivity index (χ4n) is 2.11. The molecule has 98 valence electrons. The first-order valence-electron chi connectivity index (χ1n) is 6.36. The summed E-state index contributed by atoms with van der Waals surface area (Å²) < 4.78 is 0. The number of amides is 1. The summed E-state index contributed by atoms with van der Waals surface area (Å²) >= 11 is 1.79. The molecule has 1 heterocycles. The first-order valence-corrected chi connectivity index (χ1v) is 7.52. The molecule has 0 saturated carbocycles. The molecule has 1 aliphatic heterocycles. The van der Waals surface area contributed by atoms with Crippen molar-refractivity contribution in [3.05, 3.63) is 35.4 Å². The van der Waals surface area contributed by atoms with Crippen LogP contribution in [0.25, 0.3) is 0 Å². The van der Waals surface area contributed by atoms with Gasteiger partial charge in [-0.3, -0.25) is 10.1 Å². The minimum absolute atomic E-state index is 0.000955. The third-order valence-corrected chi connectivity index (χ3v) is 4.27. The summed E-state index contributed by atoms with van der Waals surface area (Å²) in [5, 5.41) is 3.24. The van der Waals surface area contributed by atoms with Crippen LogP contribution in [0.5, 0.6) is 0 Å². The molecule has 3 nitrogen and oxygen atoms in total. The lowest BCUT2D eigenvalue weighted by molar-refractivity contribution is -0.133. The lowest BCUT2D eigenvalue weighted by atomic mass is 10.1. The highest BCUT2D eigenvalue weighted by Gasteiger charge is 2.26. The normalized spacial score (nSPS) is 18.9. The highest BCUT2D eigenvalue weighted by atomic mass is 32.2. The number of nitrogens with zero attached hydrogens (tertiary/aromatic N) is 1. The van der Waals surface area contributed by atoms with Crippen LogP contribution < -0.4 is 5.32 Å². The van der Waals surface area contributed by atoms with Crippen molar-refractivity contribution >= 4 is 17.7 Å². The Hall–Kier alpha value is -1.00. The Kier molecular flexibility index (Phi) is 4.66. The monoisotopic (exact) mass is 264 g/mol. The summed E-state index contributed by atoms with van der Waals surface area (Å²) in [6, 6.07) is 8.26. The van der Waals surface area contributed by atoms with Gasteiger partial charge >= 0.3 is 0 Å². The van der Waals surface area contributed by atoms with E-state index in [1.54, 1.807) is 11.8 Å². The fourth-order valence-corrected chi connectivity index (χ4v) is 3.05. The highest BCUT2D eigenvalue weighted by Crippen LogP contribution is 2.15. The van der Waals surface area contributed by atoms with Crippen molar-refractivity contribution in [3.63, 3.8) is 0 Å². The van der Waals surface area contributed by atoms with Gasteiger partial charge in [-0.25, -0.2) is 0 Å². The largest absolute Gasteiger partial charge is 0.337 e. The van der Waals surface area contributed by atoms with E-state index >= 15 is 0 Å². The molecule has 0 unspecified atom stereocenters. The van der Waals surface area contributed by atoms with E-state index in [-0.39, 0.29) is 11.9 Å². The number of nitrogens with one attached hydrogen (secondary N) is 1. The van der Waals surface area contributed by atoms with Crippen molar-refractivity contribution in [2.75, 3.05) is 18.2 Å². The van der Waals surface area contributed by atoms with Gasteiger partial charge < -0.3 is 4.90 Å². The summed E-state index contributed by atoms with van der Waals surface area (Å²) in [4.78, 5) is 14.3. The summed E-state index contributed by atoms with van der Waals surface area (Å²) in [6.45, 7) is 5.61. The zero-order valence-corrected chi connectivity index (χ0v) is 11.8. The molecular formula is C14H20N2OS. The Morgan fingerprint density at radius 1 is 1.50 bits per heavy atom. The Morgan fingerprint density at radius 3 is 2.89 bits per heavy atom. The summed E-state index contributed by atoms with van der Waals surface area (Å²) in [5.74, 6) is 2.01. The van der Waals surface area contributed by atoms with E-state index in [0.717, 1.165) is 18.2 Å². The average Bonchev–Trinajstić information content (AvgIpc) is 2.91. The van der Waals surface area contributed by atoms with Gasteiger partial charge in [-0.1, -0.05) is 24.3 Å². The van der Waals surface area contributed by atoms with Crippen molar-refractivity contribution < 1.29 is 4.79 Å². The van der Waals surface area contributed by atoms with Crippen LogP contribution in [-0.2, 0) is 11.3 Å².